The summed E-state index contributed by atoms with van der Waals surface area (Å²) in [5.74, 6) is 0.825. The van der Waals surface area contributed by atoms with Gasteiger partial charge in [0.05, 0.1) is 6.10 Å². The molecule has 0 aliphatic rings. The molecule has 138 valence electrons. The van der Waals surface area contributed by atoms with Gasteiger partial charge in [0.15, 0.2) is 0 Å². The molecule has 0 unspecified atom stereocenters. The van der Waals surface area contributed by atoms with E-state index in [1.807, 2.05) is 57.2 Å². The minimum Gasteiger partial charge on any atom is -0.491 e. The number of rotatable bonds is 6. The first-order valence-electron chi connectivity index (χ1n) is 8.74. The minimum atomic E-state index is -0.303. The molecule has 0 saturated carbocycles. The number of carbonyl (C=O) groups is 1. The molecule has 3 aromatic rings. The summed E-state index contributed by atoms with van der Waals surface area (Å²) in [6.45, 7) is 5.94. The van der Waals surface area contributed by atoms with Gasteiger partial charge >= 0.3 is 0 Å². The van der Waals surface area contributed by atoms with Gasteiger partial charge in [-0.05, 0) is 68.8 Å². The van der Waals surface area contributed by atoms with E-state index >= 15 is 0 Å². The number of ether oxygens (including phenoxy) is 1. The van der Waals surface area contributed by atoms with Crippen molar-refractivity contribution < 1.29 is 9.53 Å². The fraction of sp³-hybridized carbons (Fsp3) is 0.190. The monoisotopic (exact) mass is 362 g/mol. The number of anilines is 3. The van der Waals surface area contributed by atoms with Gasteiger partial charge in [-0.15, -0.1) is 0 Å². The first-order chi connectivity index (χ1) is 13.0. The Labute approximate surface area is 158 Å². The van der Waals surface area contributed by atoms with Crippen LogP contribution in [0.3, 0.4) is 0 Å². The number of nitrogens with one attached hydrogen (secondary N) is 2. The molecule has 0 aliphatic carbocycles. The van der Waals surface area contributed by atoms with E-state index in [9.17, 15) is 4.79 Å². The largest absolute Gasteiger partial charge is 0.491 e. The van der Waals surface area contributed by atoms with Gasteiger partial charge in [-0.25, -0.2) is 9.97 Å². The van der Waals surface area contributed by atoms with E-state index in [0.29, 0.717) is 11.6 Å². The molecule has 6 heteroatoms. The van der Waals surface area contributed by atoms with Crippen LogP contribution in [0.2, 0.25) is 0 Å². The van der Waals surface area contributed by atoms with E-state index in [2.05, 4.69) is 20.6 Å². The third-order valence-electron chi connectivity index (χ3n) is 3.65. The van der Waals surface area contributed by atoms with Gasteiger partial charge in [-0.2, -0.15) is 0 Å². The first-order valence-corrected chi connectivity index (χ1v) is 8.74. The Morgan fingerprint density at radius 3 is 2.52 bits per heavy atom. The Hall–Kier alpha value is -3.41. The highest BCUT2D eigenvalue weighted by Crippen LogP contribution is 2.18. The summed E-state index contributed by atoms with van der Waals surface area (Å²) in [6.07, 6.45) is 1.66. The highest BCUT2D eigenvalue weighted by Gasteiger charge is 2.10. The maximum atomic E-state index is 12.5. The molecule has 1 heterocycles. The Morgan fingerprint density at radius 2 is 1.81 bits per heavy atom. The maximum Gasteiger partial charge on any atom is 0.274 e. The summed E-state index contributed by atoms with van der Waals surface area (Å²) in [7, 11) is 0. The molecule has 2 aromatic carbocycles. The molecular formula is C21H22N4O2. The van der Waals surface area contributed by atoms with Gasteiger partial charge < -0.3 is 15.4 Å². The van der Waals surface area contributed by atoms with Crippen LogP contribution in [-0.2, 0) is 0 Å². The van der Waals surface area contributed by atoms with Gasteiger partial charge in [0.25, 0.3) is 5.91 Å². The van der Waals surface area contributed by atoms with Crippen molar-refractivity contribution in [1.29, 1.82) is 0 Å². The van der Waals surface area contributed by atoms with E-state index < -0.39 is 0 Å². The molecule has 27 heavy (non-hydrogen) atoms. The molecule has 1 aromatic heterocycles. The molecular weight excluding hydrogens is 340 g/mol. The van der Waals surface area contributed by atoms with Crippen molar-refractivity contribution in [1.82, 2.24) is 9.97 Å². The standard InChI is InChI=1S/C21H22N4O2/c1-14(2)27-18-9-7-16(8-10-18)23-20(26)19-11-12-22-21(25-19)24-17-6-4-5-15(3)13-17/h4-14H,1-3H3,(H,23,26)(H,22,24,25). The van der Waals surface area contributed by atoms with Gasteiger partial charge in [-0.1, -0.05) is 12.1 Å². The zero-order chi connectivity index (χ0) is 19.2. The zero-order valence-electron chi connectivity index (χ0n) is 15.6. The van der Waals surface area contributed by atoms with Crippen LogP contribution in [0.1, 0.15) is 29.9 Å². The fourth-order valence-corrected chi connectivity index (χ4v) is 2.48. The van der Waals surface area contributed by atoms with Crippen molar-refractivity contribution in [2.24, 2.45) is 0 Å². The van der Waals surface area contributed by atoms with Gasteiger partial charge in [0.2, 0.25) is 5.95 Å². The van der Waals surface area contributed by atoms with Crippen molar-refractivity contribution in [3.05, 3.63) is 72.1 Å². The molecule has 0 radical (unpaired) electrons. The van der Waals surface area contributed by atoms with Crippen molar-refractivity contribution in [2.75, 3.05) is 10.6 Å². The van der Waals surface area contributed by atoms with Crippen LogP contribution in [0, 0.1) is 6.92 Å². The van der Waals surface area contributed by atoms with Crippen LogP contribution in [0.5, 0.6) is 5.75 Å². The van der Waals surface area contributed by atoms with E-state index in [0.717, 1.165) is 17.0 Å². The smallest absolute Gasteiger partial charge is 0.274 e. The number of aryl methyl sites for hydroxylation is 1. The van der Waals surface area contributed by atoms with Crippen molar-refractivity contribution in [2.45, 2.75) is 26.9 Å². The Balaban J connectivity index is 1.68. The molecule has 0 spiro atoms. The molecule has 0 bridgehead atoms. The van der Waals surface area contributed by atoms with Crippen LogP contribution < -0.4 is 15.4 Å². The average Bonchev–Trinajstić information content (AvgIpc) is 2.63. The molecule has 0 saturated heterocycles. The highest BCUT2D eigenvalue weighted by molar-refractivity contribution is 6.03. The second-order valence-electron chi connectivity index (χ2n) is 6.41. The predicted molar refractivity (Wildman–Crippen MR) is 107 cm³/mol. The lowest BCUT2D eigenvalue weighted by atomic mass is 10.2. The molecule has 0 fully saturated rings. The summed E-state index contributed by atoms with van der Waals surface area (Å²) in [6, 6.07) is 16.7. The van der Waals surface area contributed by atoms with Crippen LogP contribution in [-0.4, -0.2) is 22.0 Å². The molecule has 2 N–H and O–H groups in total. The Kier molecular flexibility index (Phi) is 5.66. The Morgan fingerprint density at radius 1 is 1.04 bits per heavy atom. The van der Waals surface area contributed by atoms with Crippen LogP contribution in [0.15, 0.2) is 60.8 Å². The number of amides is 1. The van der Waals surface area contributed by atoms with Crippen molar-refractivity contribution in [3.63, 3.8) is 0 Å². The van der Waals surface area contributed by atoms with Crippen molar-refractivity contribution >= 4 is 23.2 Å². The van der Waals surface area contributed by atoms with Crippen LogP contribution in [0.25, 0.3) is 0 Å². The quantitative estimate of drug-likeness (QED) is 0.672. The molecule has 1 amide bonds. The fourth-order valence-electron chi connectivity index (χ4n) is 2.48. The number of aromatic nitrogens is 2. The van der Waals surface area contributed by atoms with Gasteiger partial charge in [0.1, 0.15) is 11.4 Å². The predicted octanol–water partition coefficient (Wildman–Crippen LogP) is 4.57. The molecule has 6 nitrogen and oxygen atoms in total. The summed E-state index contributed by atoms with van der Waals surface area (Å²) >= 11 is 0. The number of benzene rings is 2. The summed E-state index contributed by atoms with van der Waals surface area (Å²) < 4.78 is 5.60. The third-order valence-corrected chi connectivity index (χ3v) is 3.65. The SMILES string of the molecule is Cc1cccc(Nc2nccc(C(=O)Nc3ccc(OC(C)C)cc3)n2)c1. The number of carbonyl (C=O) groups excluding carboxylic acids is 1. The number of hydrogen-bond donors (Lipinski definition) is 2. The van der Waals surface area contributed by atoms with Crippen LogP contribution >= 0.6 is 0 Å². The summed E-state index contributed by atoms with van der Waals surface area (Å²) in [4.78, 5) is 20.9. The lowest BCUT2D eigenvalue weighted by Crippen LogP contribution is -2.14. The van der Waals surface area contributed by atoms with E-state index in [4.69, 9.17) is 4.74 Å². The van der Waals surface area contributed by atoms with E-state index in [-0.39, 0.29) is 17.7 Å². The van der Waals surface area contributed by atoms with E-state index in [1.165, 1.54) is 0 Å². The molecule has 0 atom stereocenters. The van der Waals surface area contributed by atoms with Gasteiger partial charge in [0, 0.05) is 17.6 Å². The summed E-state index contributed by atoms with van der Waals surface area (Å²) in [5, 5.41) is 5.94. The second kappa shape index (κ2) is 8.31. The normalized spacial score (nSPS) is 10.5. The zero-order valence-corrected chi connectivity index (χ0v) is 15.6. The number of nitrogens with zero attached hydrogens (tertiary/aromatic N) is 2. The minimum absolute atomic E-state index is 0.103. The second-order valence-corrected chi connectivity index (χ2v) is 6.41. The summed E-state index contributed by atoms with van der Waals surface area (Å²) in [5.41, 5.74) is 2.94. The topological polar surface area (TPSA) is 76.1 Å². The van der Waals surface area contributed by atoms with E-state index in [1.54, 1.807) is 24.4 Å². The lowest BCUT2D eigenvalue weighted by Gasteiger charge is -2.11. The molecule has 0 aliphatic heterocycles. The third kappa shape index (κ3) is 5.28. The highest BCUT2D eigenvalue weighted by atomic mass is 16.5. The number of hydrogen-bond acceptors (Lipinski definition) is 5. The van der Waals surface area contributed by atoms with Gasteiger partial charge in [-0.3, -0.25) is 4.79 Å². The Bertz CT molecular complexity index is 923. The van der Waals surface area contributed by atoms with Crippen LogP contribution in [0.4, 0.5) is 17.3 Å². The molecule has 3 rings (SSSR count). The van der Waals surface area contributed by atoms with Crippen molar-refractivity contribution in [3.8, 4) is 5.75 Å². The first kappa shape index (κ1) is 18.4. The maximum absolute atomic E-state index is 12.5. The average molecular weight is 362 g/mol. The lowest BCUT2D eigenvalue weighted by molar-refractivity contribution is 0.102.